The molecule has 0 aliphatic carbocycles. The molecule has 0 unspecified atom stereocenters. The maximum Gasteiger partial charge on any atom is 0.409 e. The third-order valence-electron chi connectivity index (χ3n) is 5.11. The van der Waals surface area contributed by atoms with Gasteiger partial charge in [-0.1, -0.05) is 78.9 Å². The number of aliphatic imine (C=N–C) groups is 1. The molecule has 2 amide bonds. The molecule has 1 aliphatic heterocycles. The standard InChI is InChI=1S/C25H23N3O3/c1-28-21-15-9-8-14-20(21)22(19-12-6-3-7-13-19)26-23(24(28)29)27-25(30)31-17-16-18-10-4-2-5-11-18/h2-15,23H,16-17H2,1H3,(H,27,30)/t23-/m0/s1. The van der Waals surface area contributed by atoms with Crippen LogP contribution in [0.3, 0.4) is 0 Å². The van der Waals surface area contributed by atoms with Crippen LogP contribution < -0.4 is 10.2 Å². The second-order valence-corrected chi connectivity index (χ2v) is 7.18. The Bertz CT molecular complexity index is 1100. The summed E-state index contributed by atoms with van der Waals surface area (Å²) in [4.78, 5) is 31.6. The maximum atomic E-state index is 13.1. The highest BCUT2D eigenvalue weighted by atomic mass is 16.5. The Morgan fingerprint density at radius 1 is 0.968 bits per heavy atom. The van der Waals surface area contributed by atoms with Crippen molar-refractivity contribution in [1.29, 1.82) is 0 Å². The minimum atomic E-state index is -1.09. The molecular formula is C25H23N3O3. The Labute approximate surface area is 181 Å². The summed E-state index contributed by atoms with van der Waals surface area (Å²) < 4.78 is 5.30. The van der Waals surface area contributed by atoms with Gasteiger partial charge in [0.1, 0.15) is 0 Å². The summed E-state index contributed by atoms with van der Waals surface area (Å²) in [6.07, 6.45) is -1.17. The predicted octanol–water partition coefficient (Wildman–Crippen LogP) is 3.80. The number of benzene rings is 3. The molecule has 1 heterocycles. The zero-order valence-corrected chi connectivity index (χ0v) is 17.2. The van der Waals surface area contributed by atoms with Crippen molar-refractivity contribution in [1.82, 2.24) is 5.32 Å². The number of ether oxygens (including phenoxy) is 1. The summed E-state index contributed by atoms with van der Waals surface area (Å²) in [6, 6.07) is 26.9. The fourth-order valence-electron chi connectivity index (χ4n) is 3.50. The quantitative estimate of drug-likeness (QED) is 0.692. The second-order valence-electron chi connectivity index (χ2n) is 7.18. The lowest BCUT2D eigenvalue weighted by atomic mass is 10.0. The van der Waals surface area contributed by atoms with Crippen molar-refractivity contribution in [3.63, 3.8) is 0 Å². The molecule has 3 aromatic carbocycles. The number of alkyl carbamates (subject to hydrolysis) is 1. The Morgan fingerprint density at radius 3 is 2.35 bits per heavy atom. The van der Waals surface area contributed by atoms with Gasteiger partial charge in [0.05, 0.1) is 18.0 Å². The van der Waals surface area contributed by atoms with Crippen LogP contribution in [0.1, 0.15) is 16.7 Å². The van der Waals surface area contributed by atoms with E-state index < -0.39 is 12.3 Å². The molecule has 0 saturated heterocycles. The van der Waals surface area contributed by atoms with Gasteiger partial charge in [-0.05, 0) is 11.6 Å². The third kappa shape index (κ3) is 4.64. The first-order valence-electron chi connectivity index (χ1n) is 10.1. The molecule has 0 bridgehead atoms. The lowest BCUT2D eigenvalue weighted by Crippen LogP contribution is -2.46. The molecule has 0 fully saturated rings. The average Bonchev–Trinajstić information content (AvgIpc) is 2.91. The first-order valence-corrected chi connectivity index (χ1v) is 10.1. The molecule has 1 aliphatic rings. The van der Waals surface area contributed by atoms with Crippen LogP contribution in [0.2, 0.25) is 0 Å². The number of amides is 2. The topological polar surface area (TPSA) is 71.0 Å². The first-order chi connectivity index (χ1) is 15.1. The highest BCUT2D eigenvalue weighted by molar-refractivity contribution is 6.20. The smallest absolute Gasteiger partial charge is 0.409 e. The van der Waals surface area contributed by atoms with Gasteiger partial charge in [-0.25, -0.2) is 9.79 Å². The number of hydrogen-bond donors (Lipinski definition) is 1. The number of para-hydroxylation sites is 1. The van der Waals surface area contributed by atoms with E-state index in [1.807, 2.05) is 84.9 Å². The van der Waals surface area contributed by atoms with E-state index in [1.54, 1.807) is 7.05 Å². The van der Waals surface area contributed by atoms with Gasteiger partial charge < -0.3 is 9.64 Å². The largest absolute Gasteiger partial charge is 0.449 e. The monoisotopic (exact) mass is 413 g/mol. The first kappa shape index (κ1) is 20.3. The molecule has 0 radical (unpaired) electrons. The normalized spacial score (nSPS) is 15.5. The molecule has 0 spiro atoms. The lowest BCUT2D eigenvalue weighted by Gasteiger charge is -2.20. The summed E-state index contributed by atoms with van der Waals surface area (Å²) in [6.45, 7) is 0.210. The number of carbonyl (C=O) groups is 2. The number of nitrogens with zero attached hydrogens (tertiary/aromatic N) is 2. The van der Waals surface area contributed by atoms with Crippen LogP contribution in [0, 0.1) is 0 Å². The molecule has 6 nitrogen and oxygen atoms in total. The Balaban J connectivity index is 1.55. The SMILES string of the molecule is CN1C(=O)[C@H](NC(=O)OCCc2ccccc2)N=C(c2ccccc2)c2ccccc21. The van der Waals surface area contributed by atoms with Gasteiger partial charge in [-0.15, -0.1) is 0 Å². The van der Waals surface area contributed by atoms with Crippen LogP contribution in [0.4, 0.5) is 10.5 Å². The molecule has 31 heavy (non-hydrogen) atoms. The van der Waals surface area contributed by atoms with E-state index in [9.17, 15) is 9.59 Å². The van der Waals surface area contributed by atoms with Crippen molar-refractivity contribution in [2.75, 3.05) is 18.6 Å². The molecule has 3 aromatic rings. The summed E-state index contributed by atoms with van der Waals surface area (Å²) in [7, 11) is 1.68. The van der Waals surface area contributed by atoms with Crippen molar-refractivity contribution in [3.05, 3.63) is 102 Å². The minimum absolute atomic E-state index is 0.210. The highest BCUT2D eigenvalue weighted by Gasteiger charge is 2.31. The van der Waals surface area contributed by atoms with E-state index in [-0.39, 0.29) is 12.5 Å². The summed E-state index contributed by atoms with van der Waals surface area (Å²) >= 11 is 0. The van der Waals surface area contributed by atoms with Gasteiger partial charge in [0.25, 0.3) is 5.91 Å². The van der Waals surface area contributed by atoms with Crippen LogP contribution in [0.25, 0.3) is 0 Å². The number of hydrogen-bond acceptors (Lipinski definition) is 4. The fourth-order valence-corrected chi connectivity index (χ4v) is 3.50. The second kappa shape index (κ2) is 9.26. The zero-order chi connectivity index (χ0) is 21.6. The van der Waals surface area contributed by atoms with Gasteiger partial charge >= 0.3 is 6.09 Å². The van der Waals surface area contributed by atoms with Gasteiger partial charge in [0.2, 0.25) is 6.17 Å². The number of nitrogens with one attached hydrogen (secondary N) is 1. The number of anilines is 1. The van der Waals surface area contributed by atoms with Crippen molar-refractivity contribution in [3.8, 4) is 0 Å². The molecule has 0 aromatic heterocycles. The number of carbonyl (C=O) groups excluding carboxylic acids is 2. The van der Waals surface area contributed by atoms with Crippen molar-refractivity contribution < 1.29 is 14.3 Å². The Hall–Kier alpha value is -3.93. The van der Waals surface area contributed by atoms with Crippen LogP contribution in [-0.4, -0.2) is 37.5 Å². The van der Waals surface area contributed by atoms with E-state index in [0.717, 1.165) is 22.4 Å². The number of benzodiazepines with no additional fused rings is 1. The van der Waals surface area contributed by atoms with E-state index in [4.69, 9.17) is 4.74 Å². The Morgan fingerprint density at radius 2 is 1.61 bits per heavy atom. The minimum Gasteiger partial charge on any atom is -0.449 e. The van der Waals surface area contributed by atoms with E-state index in [0.29, 0.717) is 12.1 Å². The summed E-state index contributed by atoms with van der Waals surface area (Å²) in [5, 5.41) is 2.62. The van der Waals surface area contributed by atoms with Crippen LogP contribution in [0.15, 0.2) is 89.9 Å². The van der Waals surface area contributed by atoms with Gasteiger partial charge in [0, 0.05) is 24.6 Å². The Kier molecular flexibility index (Phi) is 6.08. The molecule has 0 saturated carbocycles. The van der Waals surface area contributed by atoms with E-state index in [2.05, 4.69) is 10.3 Å². The molecule has 1 N–H and O–H groups in total. The van der Waals surface area contributed by atoms with E-state index in [1.165, 1.54) is 4.90 Å². The highest BCUT2D eigenvalue weighted by Crippen LogP contribution is 2.27. The van der Waals surface area contributed by atoms with Gasteiger partial charge in [0.15, 0.2) is 0 Å². The number of rotatable bonds is 5. The van der Waals surface area contributed by atoms with Gasteiger partial charge in [-0.3, -0.25) is 10.1 Å². The van der Waals surface area contributed by atoms with Crippen molar-refractivity contribution in [2.24, 2.45) is 4.99 Å². The zero-order valence-electron chi connectivity index (χ0n) is 17.2. The van der Waals surface area contributed by atoms with Crippen LogP contribution in [-0.2, 0) is 16.0 Å². The van der Waals surface area contributed by atoms with Gasteiger partial charge in [-0.2, -0.15) is 0 Å². The number of likely N-dealkylation sites (N-methyl/N-ethyl adjacent to an activating group) is 1. The molecular weight excluding hydrogens is 390 g/mol. The van der Waals surface area contributed by atoms with E-state index >= 15 is 0 Å². The van der Waals surface area contributed by atoms with Crippen molar-refractivity contribution >= 4 is 23.4 Å². The van der Waals surface area contributed by atoms with Crippen LogP contribution >= 0.6 is 0 Å². The third-order valence-corrected chi connectivity index (χ3v) is 5.11. The number of fused-ring (bicyclic) bond motifs is 1. The molecule has 4 rings (SSSR count). The maximum absolute atomic E-state index is 13.1. The molecule has 156 valence electrons. The van der Waals surface area contributed by atoms with Crippen molar-refractivity contribution in [2.45, 2.75) is 12.6 Å². The summed E-state index contributed by atoms with van der Waals surface area (Å²) in [5.41, 5.74) is 4.13. The molecule has 6 heteroatoms. The average molecular weight is 413 g/mol. The summed E-state index contributed by atoms with van der Waals surface area (Å²) in [5.74, 6) is -0.335. The fraction of sp³-hybridized carbons (Fsp3) is 0.160. The molecule has 1 atom stereocenters. The lowest BCUT2D eigenvalue weighted by molar-refractivity contribution is -0.120. The van der Waals surface area contributed by atoms with Crippen LogP contribution in [0.5, 0.6) is 0 Å². The predicted molar refractivity (Wildman–Crippen MR) is 120 cm³/mol.